The molecular formula is C8H13NO. The molecule has 1 aliphatic rings. The van der Waals surface area contributed by atoms with E-state index in [0.717, 1.165) is 12.3 Å². The minimum absolute atomic E-state index is 0.265. The van der Waals surface area contributed by atoms with Crippen molar-refractivity contribution in [2.45, 2.75) is 20.0 Å². The van der Waals surface area contributed by atoms with Gasteiger partial charge in [0.2, 0.25) is 0 Å². The van der Waals surface area contributed by atoms with Crippen LogP contribution in [-0.4, -0.2) is 23.5 Å². The van der Waals surface area contributed by atoms with Crippen LogP contribution < -0.4 is 0 Å². The topological polar surface area (TPSA) is 32.6 Å². The molecule has 0 saturated heterocycles. The third-order valence-corrected chi connectivity index (χ3v) is 1.60. The smallest absolute Gasteiger partial charge is 0.0978 e. The Morgan fingerprint density at radius 3 is 2.70 bits per heavy atom. The minimum atomic E-state index is -0.376. The fraction of sp³-hybridized carbons (Fsp3) is 0.625. The van der Waals surface area contributed by atoms with Crippen molar-refractivity contribution < 1.29 is 5.11 Å². The van der Waals surface area contributed by atoms with E-state index in [9.17, 15) is 5.11 Å². The second-order valence-electron chi connectivity index (χ2n) is 2.86. The van der Waals surface area contributed by atoms with Gasteiger partial charge in [-0.1, -0.05) is 19.9 Å². The highest BCUT2D eigenvalue weighted by Gasteiger charge is 2.15. The van der Waals surface area contributed by atoms with Gasteiger partial charge >= 0.3 is 0 Å². The van der Waals surface area contributed by atoms with Gasteiger partial charge in [0.05, 0.1) is 18.4 Å². The van der Waals surface area contributed by atoms with Crippen LogP contribution in [0.2, 0.25) is 0 Å². The highest BCUT2D eigenvalue weighted by atomic mass is 16.3. The van der Waals surface area contributed by atoms with Crippen molar-refractivity contribution in [2.24, 2.45) is 10.9 Å². The first-order chi connectivity index (χ1) is 4.72. The van der Waals surface area contributed by atoms with Gasteiger partial charge in [-0.05, 0) is 12.0 Å². The average molecular weight is 139 g/mol. The highest BCUT2D eigenvalue weighted by molar-refractivity contribution is 6.00. The molecule has 0 aromatic rings. The summed E-state index contributed by atoms with van der Waals surface area (Å²) in [6, 6.07) is 0. The molecule has 1 atom stereocenters. The van der Waals surface area contributed by atoms with Crippen LogP contribution in [0.5, 0.6) is 0 Å². The van der Waals surface area contributed by atoms with Gasteiger partial charge in [-0.3, -0.25) is 4.99 Å². The molecular weight excluding hydrogens is 126 g/mol. The first-order valence-corrected chi connectivity index (χ1v) is 3.60. The molecule has 0 aliphatic carbocycles. The zero-order valence-electron chi connectivity index (χ0n) is 6.41. The van der Waals surface area contributed by atoms with Gasteiger partial charge in [-0.2, -0.15) is 0 Å². The van der Waals surface area contributed by atoms with Gasteiger partial charge in [-0.25, -0.2) is 0 Å². The van der Waals surface area contributed by atoms with Crippen molar-refractivity contribution in [2.75, 3.05) is 6.54 Å². The van der Waals surface area contributed by atoms with Gasteiger partial charge < -0.3 is 5.11 Å². The number of aliphatic imine (C=N–C) groups is 1. The summed E-state index contributed by atoms with van der Waals surface area (Å²) >= 11 is 0. The van der Waals surface area contributed by atoms with E-state index in [1.807, 2.05) is 26.0 Å². The number of hydrogen-bond donors (Lipinski definition) is 1. The van der Waals surface area contributed by atoms with E-state index >= 15 is 0 Å². The minimum Gasteiger partial charge on any atom is -0.387 e. The van der Waals surface area contributed by atoms with Crippen LogP contribution in [0.15, 0.2) is 17.1 Å². The third kappa shape index (κ3) is 1.45. The van der Waals surface area contributed by atoms with Crippen molar-refractivity contribution in [3.63, 3.8) is 0 Å². The number of aliphatic hydroxyl groups excluding tert-OH is 1. The first-order valence-electron chi connectivity index (χ1n) is 3.60. The molecule has 0 bridgehead atoms. The van der Waals surface area contributed by atoms with E-state index in [-0.39, 0.29) is 12.0 Å². The summed E-state index contributed by atoms with van der Waals surface area (Å²) in [7, 11) is 0. The number of nitrogens with zero attached hydrogens (tertiary/aromatic N) is 1. The van der Waals surface area contributed by atoms with Crippen LogP contribution >= 0.6 is 0 Å². The third-order valence-electron chi connectivity index (χ3n) is 1.60. The quantitative estimate of drug-likeness (QED) is 0.608. The molecule has 1 rings (SSSR count). The predicted octanol–water partition coefficient (Wildman–Crippen LogP) is 1.01. The molecule has 0 aromatic heterocycles. The zero-order valence-corrected chi connectivity index (χ0v) is 6.41. The molecule has 1 heterocycles. The van der Waals surface area contributed by atoms with E-state index in [4.69, 9.17) is 0 Å². The Bertz CT molecular complexity index is 170. The van der Waals surface area contributed by atoms with Crippen molar-refractivity contribution in [1.29, 1.82) is 0 Å². The van der Waals surface area contributed by atoms with Gasteiger partial charge in [-0.15, -0.1) is 0 Å². The Balaban J connectivity index is 2.56. The molecule has 0 aromatic carbocycles. The van der Waals surface area contributed by atoms with Crippen LogP contribution in [0.3, 0.4) is 0 Å². The Kier molecular flexibility index (Phi) is 2.22. The van der Waals surface area contributed by atoms with E-state index in [1.165, 1.54) is 0 Å². The van der Waals surface area contributed by atoms with Crippen molar-refractivity contribution >= 4 is 5.71 Å². The maximum Gasteiger partial charge on any atom is 0.0978 e. The first kappa shape index (κ1) is 7.48. The number of hydrogen-bond acceptors (Lipinski definition) is 2. The van der Waals surface area contributed by atoms with E-state index in [2.05, 4.69) is 4.99 Å². The molecule has 0 spiro atoms. The van der Waals surface area contributed by atoms with Crippen molar-refractivity contribution in [3.8, 4) is 0 Å². The van der Waals surface area contributed by atoms with Crippen molar-refractivity contribution in [3.05, 3.63) is 12.2 Å². The van der Waals surface area contributed by atoms with E-state index in [1.54, 1.807) is 0 Å². The van der Waals surface area contributed by atoms with Gasteiger partial charge in [0, 0.05) is 0 Å². The summed E-state index contributed by atoms with van der Waals surface area (Å²) < 4.78 is 0. The maximum absolute atomic E-state index is 9.44. The molecule has 2 heteroatoms. The summed E-state index contributed by atoms with van der Waals surface area (Å²) in [5, 5.41) is 9.44. The van der Waals surface area contributed by atoms with Crippen LogP contribution in [-0.2, 0) is 0 Å². The Morgan fingerprint density at radius 1 is 1.60 bits per heavy atom. The van der Waals surface area contributed by atoms with E-state index in [0.29, 0.717) is 0 Å². The van der Waals surface area contributed by atoms with Crippen molar-refractivity contribution in [1.82, 2.24) is 0 Å². The molecule has 0 radical (unpaired) electrons. The molecule has 1 unspecified atom stereocenters. The average Bonchev–Trinajstić information content (AvgIpc) is 2.36. The Hall–Kier alpha value is -0.630. The van der Waals surface area contributed by atoms with Gasteiger partial charge in [0.15, 0.2) is 0 Å². The Morgan fingerprint density at radius 2 is 2.30 bits per heavy atom. The maximum atomic E-state index is 9.44. The second-order valence-corrected chi connectivity index (χ2v) is 2.86. The monoisotopic (exact) mass is 139 g/mol. The summed E-state index contributed by atoms with van der Waals surface area (Å²) in [5.74, 6) is 0.265. The predicted molar refractivity (Wildman–Crippen MR) is 42.3 cm³/mol. The van der Waals surface area contributed by atoms with Gasteiger partial charge in [0.25, 0.3) is 0 Å². The second kappa shape index (κ2) is 2.97. The van der Waals surface area contributed by atoms with E-state index < -0.39 is 0 Å². The van der Waals surface area contributed by atoms with Gasteiger partial charge in [0.1, 0.15) is 0 Å². The lowest BCUT2D eigenvalue weighted by Gasteiger charge is -2.12. The highest BCUT2D eigenvalue weighted by Crippen LogP contribution is 2.07. The van der Waals surface area contributed by atoms with Crippen LogP contribution in [0, 0.1) is 5.92 Å². The standard InChI is InChI=1S/C8H13NO/c1-6(2)8(10)7-4-3-5-9-7/h3-4,6,8,10H,5H2,1-2H3. The molecule has 0 amide bonds. The van der Waals surface area contributed by atoms with Crippen LogP contribution in [0.4, 0.5) is 0 Å². The molecule has 56 valence electrons. The fourth-order valence-electron chi connectivity index (χ4n) is 0.918. The fourth-order valence-corrected chi connectivity index (χ4v) is 0.918. The lowest BCUT2D eigenvalue weighted by atomic mass is 10.0. The summed E-state index contributed by atoms with van der Waals surface area (Å²) in [6.45, 7) is 4.71. The largest absolute Gasteiger partial charge is 0.387 e. The summed E-state index contributed by atoms with van der Waals surface area (Å²) in [6.07, 6.45) is 3.48. The number of rotatable bonds is 2. The normalized spacial score (nSPS) is 19.8. The van der Waals surface area contributed by atoms with Crippen LogP contribution in [0.25, 0.3) is 0 Å². The molecule has 1 aliphatic heterocycles. The lowest BCUT2D eigenvalue weighted by molar-refractivity contribution is 0.191. The molecule has 1 N–H and O–H groups in total. The Labute approximate surface area is 61.3 Å². The molecule has 0 fully saturated rings. The zero-order chi connectivity index (χ0) is 7.56. The SMILES string of the molecule is CC(C)C(O)C1=NCC=C1. The summed E-state index contributed by atoms with van der Waals surface area (Å²) in [4.78, 5) is 4.11. The number of aliphatic hydroxyl groups is 1. The molecule has 2 nitrogen and oxygen atoms in total. The molecule has 0 saturated carbocycles. The molecule has 10 heavy (non-hydrogen) atoms. The summed E-state index contributed by atoms with van der Waals surface area (Å²) in [5.41, 5.74) is 0.829. The van der Waals surface area contributed by atoms with Crippen LogP contribution in [0.1, 0.15) is 13.8 Å². The lowest BCUT2D eigenvalue weighted by Crippen LogP contribution is -2.23.